The van der Waals surface area contributed by atoms with Crippen molar-refractivity contribution in [3.8, 4) is 0 Å². The maximum atomic E-state index is 11.5. The van der Waals surface area contributed by atoms with Crippen molar-refractivity contribution in [3.05, 3.63) is 48.5 Å². The van der Waals surface area contributed by atoms with Crippen molar-refractivity contribution in [2.75, 3.05) is 40.9 Å². The van der Waals surface area contributed by atoms with Crippen LogP contribution in [-0.4, -0.2) is 65.5 Å². The van der Waals surface area contributed by atoms with Gasteiger partial charge in [-0.15, -0.1) is 0 Å². The Morgan fingerprint density at radius 2 is 1.42 bits per heavy atom. The fourth-order valence-electron chi connectivity index (χ4n) is 2.98. The van der Waals surface area contributed by atoms with Gasteiger partial charge in [0.25, 0.3) is 0 Å². The predicted molar refractivity (Wildman–Crippen MR) is 122 cm³/mol. The van der Waals surface area contributed by atoms with Gasteiger partial charge >= 0.3 is 17.6 Å². The van der Waals surface area contributed by atoms with Crippen LogP contribution in [0.1, 0.15) is 6.92 Å². The lowest BCUT2D eigenvalue weighted by molar-refractivity contribution is -0.114. The molecule has 1 amide bonds. The minimum absolute atomic E-state index is 0.189. The predicted octanol–water partition coefficient (Wildman–Crippen LogP) is 1.55. The Morgan fingerprint density at radius 3 is 1.94 bits per heavy atom. The lowest BCUT2D eigenvalue weighted by atomic mass is 10.3. The SMILES string of the molecule is COC=Nc1cccc([Si](OC)(OC)O[Si](OC)(OC)c2cccc(NC(C)=O)c2)c1. The molecule has 0 bridgehead atoms. The van der Waals surface area contributed by atoms with E-state index < -0.39 is 17.6 Å². The molecule has 0 aliphatic heterocycles. The van der Waals surface area contributed by atoms with Gasteiger partial charge in [-0.2, -0.15) is 0 Å². The molecule has 0 saturated carbocycles. The van der Waals surface area contributed by atoms with Gasteiger partial charge < -0.3 is 31.9 Å². The zero-order chi connectivity index (χ0) is 22.9. The summed E-state index contributed by atoms with van der Waals surface area (Å²) in [4.78, 5) is 15.7. The second-order valence-electron chi connectivity index (χ2n) is 6.31. The maximum absolute atomic E-state index is 11.5. The number of hydrogen-bond acceptors (Lipinski definition) is 8. The number of anilines is 1. The fourth-order valence-corrected chi connectivity index (χ4v) is 9.21. The van der Waals surface area contributed by atoms with Crippen LogP contribution in [-0.2, 0) is 31.4 Å². The van der Waals surface area contributed by atoms with Crippen LogP contribution in [0.2, 0.25) is 0 Å². The Balaban J connectivity index is 2.53. The van der Waals surface area contributed by atoms with Crippen LogP contribution in [0.25, 0.3) is 0 Å². The molecular weight excluding hydrogens is 436 g/mol. The molecule has 1 N–H and O–H groups in total. The first-order valence-electron chi connectivity index (χ1n) is 9.33. The van der Waals surface area contributed by atoms with E-state index >= 15 is 0 Å². The smallest absolute Gasteiger partial charge is 0.486 e. The first-order valence-corrected chi connectivity index (χ1v) is 12.8. The summed E-state index contributed by atoms with van der Waals surface area (Å²) in [5.74, 6) is -0.189. The Kier molecular flexibility index (Phi) is 9.06. The third-order valence-electron chi connectivity index (χ3n) is 4.39. The summed E-state index contributed by atoms with van der Waals surface area (Å²) < 4.78 is 34.7. The molecule has 0 aliphatic carbocycles. The fraction of sp³-hybridized carbons (Fsp3) is 0.300. The highest BCUT2D eigenvalue weighted by atomic mass is 28.5. The molecule has 2 aromatic rings. The van der Waals surface area contributed by atoms with Crippen LogP contribution >= 0.6 is 0 Å². The average Bonchev–Trinajstić information content (AvgIpc) is 2.79. The number of aliphatic imine (C=N–C) groups is 1. The van der Waals surface area contributed by atoms with Gasteiger partial charge in [-0.1, -0.05) is 24.3 Å². The van der Waals surface area contributed by atoms with Gasteiger partial charge in [-0.25, -0.2) is 4.99 Å². The van der Waals surface area contributed by atoms with Gasteiger partial charge in [0.2, 0.25) is 5.91 Å². The van der Waals surface area contributed by atoms with E-state index in [0.717, 1.165) is 0 Å². The summed E-state index contributed by atoms with van der Waals surface area (Å²) in [7, 11) is 0.557. The number of hydrogen-bond donors (Lipinski definition) is 1. The van der Waals surface area contributed by atoms with E-state index in [9.17, 15) is 4.79 Å². The first-order chi connectivity index (χ1) is 14.9. The number of nitrogens with one attached hydrogen (secondary N) is 1. The minimum Gasteiger partial charge on any atom is -0.486 e. The molecule has 0 aromatic heterocycles. The quantitative estimate of drug-likeness (QED) is 0.306. The molecule has 0 fully saturated rings. The van der Waals surface area contributed by atoms with Crippen LogP contribution in [0.15, 0.2) is 53.5 Å². The van der Waals surface area contributed by atoms with E-state index in [1.54, 1.807) is 24.3 Å². The highest BCUT2D eigenvalue weighted by Crippen LogP contribution is 2.21. The number of benzene rings is 2. The van der Waals surface area contributed by atoms with Gasteiger partial charge in [0.1, 0.15) is 0 Å². The monoisotopic (exact) mass is 464 g/mol. The summed E-state index contributed by atoms with van der Waals surface area (Å²) in [6, 6.07) is 14.4. The minimum atomic E-state index is -3.51. The highest BCUT2D eigenvalue weighted by molar-refractivity contribution is 6.88. The van der Waals surface area contributed by atoms with Crippen LogP contribution in [0.3, 0.4) is 0 Å². The Labute approximate surface area is 184 Å². The van der Waals surface area contributed by atoms with Crippen molar-refractivity contribution >= 4 is 51.7 Å². The van der Waals surface area contributed by atoms with Crippen molar-refractivity contribution in [2.24, 2.45) is 4.99 Å². The zero-order valence-corrected chi connectivity index (χ0v) is 20.5. The molecule has 0 radical (unpaired) electrons. The third-order valence-corrected chi connectivity index (χ3v) is 10.7. The van der Waals surface area contributed by atoms with Crippen LogP contribution in [0.5, 0.6) is 0 Å². The summed E-state index contributed by atoms with van der Waals surface area (Å²) >= 11 is 0. The zero-order valence-electron chi connectivity index (χ0n) is 18.5. The second-order valence-corrected chi connectivity index (χ2v) is 12.1. The second kappa shape index (κ2) is 11.3. The standard InChI is InChI=1S/C20H28N2O7Si2/c1-16(23)22-18-10-8-12-20(14-18)31(27-5,28-6)29-30(25-3,26-4)19-11-7-9-17(13-19)21-15-24-2/h7-15H,1-6H3,(H,22,23). The molecule has 0 aliphatic rings. The summed E-state index contributed by atoms with van der Waals surface area (Å²) in [5, 5.41) is 4.07. The first kappa shape index (κ1) is 24.9. The molecule has 0 spiro atoms. The van der Waals surface area contributed by atoms with Crippen molar-refractivity contribution in [1.29, 1.82) is 0 Å². The number of methoxy groups -OCH3 is 1. The van der Waals surface area contributed by atoms with Crippen molar-refractivity contribution < 1.29 is 31.4 Å². The van der Waals surface area contributed by atoms with E-state index in [1.165, 1.54) is 48.9 Å². The van der Waals surface area contributed by atoms with Gasteiger partial charge in [0.05, 0.1) is 12.8 Å². The average molecular weight is 465 g/mol. The van der Waals surface area contributed by atoms with E-state index in [0.29, 0.717) is 21.7 Å². The lowest BCUT2D eigenvalue weighted by Crippen LogP contribution is -2.68. The van der Waals surface area contributed by atoms with Gasteiger partial charge in [0, 0.05) is 51.4 Å². The summed E-state index contributed by atoms with van der Waals surface area (Å²) in [5.41, 5.74) is 1.24. The van der Waals surface area contributed by atoms with E-state index in [1.807, 2.05) is 24.3 Å². The van der Waals surface area contributed by atoms with E-state index in [4.69, 9.17) is 26.6 Å². The highest BCUT2D eigenvalue weighted by Gasteiger charge is 2.55. The van der Waals surface area contributed by atoms with Crippen LogP contribution in [0, 0.1) is 0 Å². The van der Waals surface area contributed by atoms with E-state index in [-0.39, 0.29) is 5.91 Å². The van der Waals surface area contributed by atoms with Crippen molar-refractivity contribution in [1.82, 2.24) is 0 Å². The third kappa shape index (κ3) is 5.86. The lowest BCUT2D eigenvalue weighted by Gasteiger charge is -2.35. The molecule has 0 atom stereocenters. The molecule has 0 saturated heterocycles. The number of amides is 1. The number of nitrogens with zero attached hydrogens (tertiary/aromatic N) is 1. The molecule has 0 unspecified atom stereocenters. The van der Waals surface area contributed by atoms with Crippen molar-refractivity contribution in [3.63, 3.8) is 0 Å². The van der Waals surface area contributed by atoms with Crippen LogP contribution < -0.4 is 15.7 Å². The molecule has 9 nitrogen and oxygen atoms in total. The summed E-state index contributed by atoms with van der Waals surface area (Å²) in [6.07, 6.45) is 1.33. The van der Waals surface area contributed by atoms with Gasteiger partial charge in [-0.05, 0) is 24.3 Å². The maximum Gasteiger partial charge on any atom is 0.529 e. The summed E-state index contributed by atoms with van der Waals surface area (Å²) in [6.45, 7) is 1.44. The number of ether oxygens (including phenoxy) is 1. The molecule has 11 heteroatoms. The molecule has 2 aromatic carbocycles. The molecular formula is C20H28N2O7Si2. The largest absolute Gasteiger partial charge is 0.529 e. The number of carbonyl (C=O) groups excluding carboxylic acids is 1. The number of rotatable bonds is 11. The van der Waals surface area contributed by atoms with Gasteiger partial charge in [0.15, 0.2) is 6.40 Å². The Bertz CT molecular complexity index is 903. The molecule has 2 rings (SSSR count). The van der Waals surface area contributed by atoms with Crippen molar-refractivity contribution in [2.45, 2.75) is 6.92 Å². The number of carbonyl (C=O) groups is 1. The normalized spacial score (nSPS) is 12.2. The Hall–Kier alpha value is -2.39. The van der Waals surface area contributed by atoms with Gasteiger partial charge in [-0.3, -0.25) is 4.79 Å². The molecule has 168 valence electrons. The Morgan fingerprint density at radius 1 is 0.871 bits per heavy atom. The van der Waals surface area contributed by atoms with Crippen LogP contribution in [0.4, 0.5) is 11.4 Å². The topological polar surface area (TPSA) is 96.8 Å². The molecule has 0 heterocycles. The molecule has 31 heavy (non-hydrogen) atoms. The van der Waals surface area contributed by atoms with E-state index in [2.05, 4.69) is 10.3 Å².